The van der Waals surface area contributed by atoms with Crippen molar-refractivity contribution >= 4 is 11.0 Å². The van der Waals surface area contributed by atoms with Gasteiger partial charge in [0.2, 0.25) is 0 Å². The van der Waals surface area contributed by atoms with Crippen LogP contribution in [0, 0.1) is 17.2 Å². The Hall–Kier alpha value is -2.80. The molecule has 0 saturated heterocycles. The lowest BCUT2D eigenvalue weighted by molar-refractivity contribution is 0.609. The number of hydrogen-bond donors (Lipinski definition) is 0. The van der Waals surface area contributed by atoms with Crippen molar-refractivity contribution in [2.45, 2.75) is 19.4 Å². The van der Waals surface area contributed by atoms with E-state index in [0.29, 0.717) is 11.5 Å². The van der Waals surface area contributed by atoms with Crippen LogP contribution in [0.15, 0.2) is 47.3 Å². The summed E-state index contributed by atoms with van der Waals surface area (Å²) >= 11 is 0. The summed E-state index contributed by atoms with van der Waals surface area (Å²) in [7, 11) is 1.81. The van der Waals surface area contributed by atoms with Crippen LogP contribution in [0.4, 0.5) is 0 Å². The van der Waals surface area contributed by atoms with E-state index in [1.54, 1.807) is 4.57 Å². The summed E-state index contributed by atoms with van der Waals surface area (Å²) < 4.78 is 3.59. The van der Waals surface area contributed by atoms with Gasteiger partial charge in [0.15, 0.2) is 0 Å². The quantitative estimate of drug-likeness (QED) is 0.745. The monoisotopic (exact) mass is 303 g/mol. The molecule has 1 saturated carbocycles. The Morgan fingerprint density at radius 3 is 2.70 bits per heavy atom. The summed E-state index contributed by atoms with van der Waals surface area (Å²) in [6, 6.07) is 15.8. The van der Waals surface area contributed by atoms with E-state index < -0.39 is 0 Å². The smallest absolute Gasteiger partial charge is 0.295 e. The van der Waals surface area contributed by atoms with Gasteiger partial charge in [-0.2, -0.15) is 5.26 Å². The molecule has 0 amide bonds. The number of hydrogen-bond acceptors (Lipinski definition) is 2. The molecule has 1 heterocycles. The molecular weight excluding hydrogens is 286 g/mol. The number of rotatable bonds is 3. The summed E-state index contributed by atoms with van der Waals surface area (Å²) in [4.78, 5) is 12.5. The normalized spacial score (nSPS) is 14.1. The number of benzene rings is 2. The van der Waals surface area contributed by atoms with Crippen LogP contribution in [0.5, 0.6) is 0 Å². The maximum absolute atomic E-state index is 12.5. The lowest BCUT2D eigenvalue weighted by Gasteiger charge is -2.06. The molecule has 23 heavy (non-hydrogen) atoms. The van der Waals surface area contributed by atoms with Gasteiger partial charge in [-0.25, -0.2) is 4.79 Å². The van der Waals surface area contributed by atoms with Gasteiger partial charge in [0, 0.05) is 13.6 Å². The molecule has 1 aliphatic carbocycles. The maximum atomic E-state index is 12.5. The summed E-state index contributed by atoms with van der Waals surface area (Å²) in [6.45, 7) is 0.810. The second-order valence-corrected chi connectivity index (χ2v) is 6.26. The van der Waals surface area contributed by atoms with Crippen molar-refractivity contribution in [3.8, 4) is 17.2 Å². The van der Waals surface area contributed by atoms with Crippen LogP contribution >= 0.6 is 0 Å². The lowest BCUT2D eigenvalue weighted by atomic mass is 10.00. The Morgan fingerprint density at radius 1 is 1.17 bits per heavy atom. The molecule has 0 radical (unpaired) electrons. The zero-order valence-electron chi connectivity index (χ0n) is 13.0. The molecule has 0 atom stereocenters. The molecule has 114 valence electrons. The number of aryl methyl sites for hydroxylation is 1. The van der Waals surface area contributed by atoms with E-state index in [-0.39, 0.29) is 5.69 Å². The molecule has 0 N–H and O–H groups in total. The zero-order chi connectivity index (χ0) is 16.0. The van der Waals surface area contributed by atoms with E-state index in [4.69, 9.17) is 0 Å². The van der Waals surface area contributed by atoms with Crippen LogP contribution in [0.3, 0.4) is 0 Å². The summed E-state index contributed by atoms with van der Waals surface area (Å²) in [6.07, 6.45) is 2.44. The molecule has 3 aromatic rings. The van der Waals surface area contributed by atoms with Crippen LogP contribution in [-0.2, 0) is 13.6 Å². The largest absolute Gasteiger partial charge is 0.328 e. The number of aromatic nitrogens is 2. The van der Waals surface area contributed by atoms with Crippen molar-refractivity contribution in [3.63, 3.8) is 0 Å². The van der Waals surface area contributed by atoms with Crippen LogP contribution in [0.1, 0.15) is 18.4 Å². The van der Waals surface area contributed by atoms with Gasteiger partial charge < -0.3 is 0 Å². The van der Waals surface area contributed by atoms with Gasteiger partial charge in [-0.3, -0.25) is 9.13 Å². The summed E-state index contributed by atoms with van der Waals surface area (Å²) in [5.74, 6) is 0.650. The molecular formula is C19H17N3O. The van der Waals surface area contributed by atoms with Gasteiger partial charge in [0.1, 0.15) is 0 Å². The Bertz CT molecular complexity index is 1000. The highest BCUT2D eigenvalue weighted by atomic mass is 16.1. The van der Waals surface area contributed by atoms with Crippen LogP contribution in [0.25, 0.3) is 22.2 Å². The van der Waals surface area contributed by atoms with Crippen molar-refractivity contribution in [1.82, 2.24) is 9.13 Å². The highest BCUT2D eigenvalue weighted by molar-refractivity contribution is 5.84. The molecule has 0 aliphatic heterocycles. The van der Waals surface area contributed by atoms with Gasteiger partial charge in [-0.15, -0.1) is 0 Å². The first kappa shape index (κ1) is 13.8. The standard InChI is InChI=1S/C19H17N3O/c1-21-18-10-14(16-5-3-2-4-15(16)11-20)8-9-17(18)22(19(21)23)12-13-6-7-13/h2-5,8-10,13H,6-7,12H2,1H3. The molecule has 0 spiro atoms. The van der Waals surface area contributed by atoms with Crippen LogP contribution < -0.4 is 5.69 Å². The third-order valence-corrected chi connectivity index (χ3v) is 4.64. The van der Waals surface area contributed by atoms with Gasteiger partial charge >= 0.3 is 5.69 Å². The maximum Gasteiger partial charge on any atom is 0.328 e. The van der Waals surface area contributed by atoms with E-state index in [1.807, 2.05) is 54.1 Å². The molecule has 4 heteroatoms. The third-order valence-electron chi connectivity index (χ3n) is 4.64. The predicted octanol–water partition coefficient (Wildman–Crippen LogP) is 3.29. The predicted molar refractivity (Wildman–Crippen MR) is 90.1 cm³/mol. The van der Waals surface area contributed by atoms with Crippen molar-refractivity contribution in [1.29, 1.82) is 5.26 Å². The van der Waals surface area contributed by atoms with Gasteiger partial charge in [0.25, 0.3) is 0 Å². The fourth-order valence-corrected chi connectivity index (χ4v) is 3.14. The summed E-state index contributed by atoms with van der Waals surface area (Å²) in [5, 5.41) is 9.29. The van der Waals surface area contributed by atoms with E-state index in [2.05, 4.69) is 6.07 Å². The molecule has 2 aromatic carbocycles. The average Bonchev–Trinajstić information content (AvgIpc) is 3.38. The van der Waals surface area contributed by atoms with Gasteiger partial charge in [-0.05, 0) is 48.1 Å². The Balaban J connectivity index is 1.90. The first-order valence-corrected chi connectivity index (χ1v) is 7.88. The minimum absolute atomic E-state index is 0.0395. The molecule has 0 unspecified atom stereocenters. The van der Waals surface area contributed by atoms with Crippen molar-refractivity contribution in [2.24, 2.45) is 13.0 Å². The number of imidazole rings is 1. The Labute approximate surface area is 134 Å². The highest BCUT2D eigenvalue weighted by Crippen LogP contribution is 2.32. The van der Waals surface area contributed by atoms with Crippen molar-refractivity contribution in [3.05, 3.63) is 58.5 Å². The van der Waals surface area contributed by atoms with Crippen molar-refractivity contribution in [2.75, 3.05) is 0 Å². The SMILES string of the molecule is Cn1c(=O)n(CC2CC2)c2ccc(-c3ccccc3C#N)cc21. The topological polar surface area (TPSA) is 50.7 Å². The van der Waals surface area contributed by atoms with E-state index in [9.17, 15) is 10.1 Å². The Morgan fingerprint density at radius 2 is 1.96 bits per heavy atom. The van der Waals surface area contributed by atoms with Gasteiger partial charge in [-0.1, -0.05) is 24.3 Å². The minimum Gasteiger partial charge on any atom is -0.295 e. The molecule has 1 aliphatic rings. The first-order valence-electron chi connectivity index (χ1n) is 7.88. The van der Waals surface area contributed by atoms with E-state index in [1.165, 1.54) is 12.8 Å². The van der Waals surface area contributed by atoms with Crippen LogP contribution in [0.2, 0.25) is 0 Å². The lowest BCUT2D eigenvalue weighted by Crippen LogP contribution is -2.22. The molecule has 4 rings (SSSR count). The second kappa shape index (κ2) is 5.13. The van der Waals surface area contributed by atoms with E-state index >= 15 is 0 Å². The van der Waals surface area contributed by atoms with Crippen molar-refractivity contribution < 1.29 is 0 Å². The van der Waals surface area contributed by atoms with E-state index in [0.717, 1.165) is 28.7 Å². The molecule has 0 bridgehead atoms. The molecule has 4 nitrogen and oxygen atoms in total. The fraction of sp³-hybridized carbons (Fsp3) is 0.263. The highest BCUT2D eigenvalue weighted by Gasteiger charge is 2.24. The Kier molecular flexibility index (Phi) is 3.09. The average molecular weight is 303 g/mol. The molecule has 1 fully saturated rings. The second-order valence-electron chi connectivity index (χ2n) is 6.26. The van der Waals surface area contributed by atoms with Crippen LogP contribution in [-0.4, -0.2) is 9.13 Å². The fourth-order valence-electron chi connectivity index (χ4n) is 3.14. The third kappa shape index (κ3) is 2.25. The van der Waals surface area contributed by atoms with Gasteiger partial charge in [0.05, 0.1) is 22.7 Å². The number of nitriles is 1. The minimum atomic E-state index is 0.0395. The summed E-state index contributed by atoms with van der Waals surface area (Å²) in [5.41, 5.74) is 4.45. The number of nitrogens with zero attached hydrogens (tertiary/aromatic N) is 3. The zero-order valence-corrected chi connectivity index (χ0v) is 13.0. The molecule has 1 aromatic heterocycles. The number of fused-ring (bicyclic) bond motifs is 1. The first-order chi connectivity index (χ1) is 11.2.